The molecule has 3 aromatic heterocycles. The summed E-state index contributed by atoms with van der Waals surface area (Å²) in [7, 11) is 1.88. The Bertz CT molecular complexity index is 1280. The maximum atomic E-state index is 13.7. The van der Waals surface area contributed by atoms with Crippen LogP contribution in [0.15, 0.2) is 54.9 Å². The Balaban J connectivity index is 1.63. The van der Waals surface area contributed by atoms with E-state index in [0.29, 0.717) is 30.5 Å². The van der Waals surface area contributed by atoms with E-state index in [2.05, 4.69) is 15.1 Å². The highest BCUT2D eigenvalue weighted by atomic mass is 16.5. The first kappa shape index (κ1) is 19.0. The van der Waals surface area contributed by atoms with Gasteiger partial charge in [-0.25, -0.2) is 9.69 Å². The van der Waals surface area contributed by atoms with Crippen molar-refractivity contribution < 1.29 is 9.53 Å². The first-order chi connectivity index (χ1) is 15.0. The van der Waals surface area contributed by atoms with E-state index in [9.17, 15) is 4.79 Å². The largest absolute Gasteiger partial charge is 0.478 e. The molecule has 0 spiro atoms. The minimum Gasteiger partial charge on any atom is -0.478 e. The molecule has 0 saturated carbocycles. The van der Waals surface area contributed by atoms with Crippen LogP contribution in [-0.2, 0) is 13.6 Å². The number of anilines is 3. The molecular formula is C23H22N6O2. The molecular weight excluding hydrogens is 392 g/mol. The molecule has 1 aliphatic heterocycles. The van der Waals surface area contributed by atoms with E-state index in [4.69, 9.17) is 4.74 Å². The Labute approximate surface area is 179 Å². The van der Waals surface area contributed by atoms with Gasteiger partial charge in [0, 0.05) is 41.6 Å². The fourth-order valence-corrected chi connectivity index (χ4v) is 3.79. The molecule has 156 valence electrons. The van der Waals surface area contributed by atoms with Gasteiger partial charge in [-0.15, -0.1) is 0 Å². The fourth-order valence-electron chi connectivity index (χ4n) is 3.79. The Morgan fingerprint density at radius 3 is 2.71 bits per heavy atom. The number of hydrogen-bond acceptors (Lipinski definition) is 5. The summed E-state index contributed by atoms with van der Waals surface area (Å²) in [6.45, 7) is 4.74. The first-order valence-corrected chi connectivity index (χ1v) is 10.1. The van der Waals surface area contributed by atoms with E-state index in [0.717, 1.165) is 27.8 Å². The number of carbonyl (C=O) groups excluding carboxylic acids is 1. The topological polar surface area (TPSA) is 76.4 Å². The zero-order valence-electron chi connectivity index (χ0n) is 17.6. The Kier molecular flexibility index (Phi) is 4.54. The van der Waals surface area contributed by atoms with E-state index in [-0.39, 0.29) is 6.03 Å². The average molecular weight is 414 g/mol. The van der Waals surface area contributed by atoms with Crippen molar-refractivity contribution in [3.05, 3.63) is 66.1 Å². The summed E-state index contributed by atoms with van der Waals surface area (Å²) in [5.41, 5.74) is 4.15. The number of hydrogen-bond donors (Lipinski definition) is 0. The van der Waals surface area contributed by atoms with Gasteiger partial charge in [0.2, 0.25) is 5.88 Å². The standard InChI is InChI=1S/C23H22N6O2/c1-4-31-21-10-6-16-14-28(18-8-9-20-17(11-18)13-27(3)26-20)23(30)29(22(16)25-21)19-7-5-15(2)24-12-19/h5-13H,4,14H2,1-3H3. The Hall–Kier alpha value is -3.94. The van der Waals surface area contributed by atoms with E-state index >= 15 is 0 Å². The number of ether oxygens (including phenoxy) is 1. The molecule has 0 aliphatic carbocycles. The smallest absolute Gasteiger partial charge is 0.335 e. The first-order valence-electron chi connectivity index (χ1n) is 10.1. The number of benzene rings is 1. The molecule has 8 nitrogen and oxygen atoms in total. The zero-order chi connectivity index (χ0) is 21.5. The summed E-state index contributed by atoms with van der Waals surface area (Å²) < 4.78 is 7.35. The normalized spacial score (nSPS) is 13.6. The number of pyridine rings is 2. The van der Waals surface area contributed by atoms with Crippen molar-refractivity contribution in [2.75, 3.05) is 16.4 Å². The predicted octanol–water partition coefficient (Wildman–Crippen LogP) is 4.35. The molecule has 0 bridgehead atoms. The molecule has 0 radical (unpaired) electrons. The predicted molar refractivity (Wildman–Crippen MR) is 119 cm³/mol. The van der Waals surface area contributed by atoms with Gasteiger partial charge in [0.1, 0.15) is 5.82 Å². The molecule has 1 aliphatic rings. The number of nitrogens with zero attached hydrogens (tertiary/aromatic N) is 6. The number of rotatable bonds is 4. The maximum Gasteiger partial charge on any atom is 0.335 e. The minimum atomic E-state index is -0.192. The highest BCUT2D eigenvalue weighted by molar-refractivity contribution is 6.10. The van der Waals surface area contributed by atoms with Crippen molar-refractivity contribution in [2.45, 2.75) is 20.4 Å². The molecule has 5 rings (SSSR count). The van der Waals surface area contributed by atoms with Crippen molar-refractivity contribution in [3.8, 4) is 5.88 Å². The van der Waals surface area contributed by atoms with Gasteiger partial charge in [0.25, 0.3) is 0 Å². The summed E-state index contributed by atoms with van der Waals surface area (Å²) in [6, 6.07) is 13.2. The SMILES string of the molecule is CCOc1ccc2c(n1)N(c1ccc(C)nc1)C(=O)N(c1ccc3nn(C)cc3c1)C2. The van der Waals surface area contributed by atoms with Crippen LogP contribution in [-0.4, -0.2) is 32.4 Å². The summed E-state index contributed by atoms with van der Waals surface area (Å²) >= 11 is 0. The minimum absolute atomic E-state index is 0.192. The molecule has 0 atom stereocenters. The number of aromatic nitrogens is 4. The second-order valence-corrected chi connectivity index (χ2v) is 7.47. The molecule has 2 amide bonds. The lowest BCUT2D eigenvalue weighted by Crippen LogP contribution is -2.45. The quantitative estimate of drug-likeness (QED) is 0.496. The number of carbonyl (C=O) groups is 1. The van der Waals surface area contributed by atoms with Crippen molar-refractivity contribution in [1.82, 2.24) is 19.7 Å². The molecule has 31 heavy (non-hydrogen) atoms. The van der Waals surface area contributed by atoms with Gasteiger partial charge in [-0.2, -0.15) is 10.1 Å². The van der Waals surface area contributed by atoms with Crippen LogP contribution in [0.1, 0.15) is 18.2 Å². The highest BCUT2D eigenvalue weighted by Gasteiger charge is 2.34. The Morgan fingerprint density at radius 2 is 1.94 bits per heavy atom. The maximum absolute atomic E-state index is 13.7. The fraction of sp³-hybridized carbons (Fsp3) is 0.217. The average Bonchev–Trinajstić information content (AvgIpc) is 3.14. The second-order valence-electron chi connectivity index (χ2n) is 7.47. The number of fused-ring (bicyclic) bond motifs is 2. The number of amides is 2. The van der Waals surface area contributed by atoms with E-state index < -0.39 is 0 Å². The van der Waals surface area contributed by atoms with Crippen molar-refractivity contribution in [2.24, 2.45) is 7.05 Å². The molecule has 0 N–H and O–H groups in total. The summed E-state index contributed by atoms with van der Waals surface area (Å²) in [6.07, 6.45) is 3.64. The lowest BCUT2D eigenvalue weighted by molar-refractivity contribution is 0.252. The molecule has 0 fully saturated rings. The second kappa shape index (κ2) is 7.39. The van der Waals surface area contributed by atoms with Gasteiger partial charge in [0.05, 0.1) is 30.6 Å². The molecule has 1 aromatic carbocycles. The van der Waals surface area contributed by atoms with Gasteiger partial charge >= 0.3 is 6.03 Å². The summed E-state index contributed by atoms with van der Waals surface area (Å²) in [5.74, 6) is 1.06. The van der Waals surface area contributed by atoms with Gasteiger partial charge in [-0.1, -0.05) is 0 Å². The van der Waals surface area contributed by atoms with Crippen LogP contribution in [0.2, 0.25) is 0 Å². The van der Waals surface area contributed by atoms with Crippen LogP contribution in [0.25, 0.3) is 10.9 Å². The van der Waals surface area contributed by atoms with Crippen LogP contribution in [0.5, 0.6) is 5.88 Å². The van der Waals surface area contributed by atoms with Crippen LogP contribution >= 0.6 is 0 Å². The number of urea groups is 1. The summed E-state index contributed by atoms with van der Waals surface area (Å²) in [4.78, 5) is 26.1. The summed E-state index contributed by atoms with van der Waals surface area (Å²) in [5, 5.41) is 5.40. The third-order valence-corrected chi connectivity index (χ3v) is 5.25. The third-order valence-electron chi connectivity index (χ3n) is 5.25. The van der Waals surface area contributed by atoms with Crippen LogP contribution in [0.3, 0.4) is 0 Å². The van der Waals surface area contributed by atoms with Gasteiger partial charge in [-0.3, -0.25) is 14.6 Å². The third kappa shape index (κ3) is 3.35. The highest BCUT2D eigenvalue weighted by Crippen LogP contribution is 2.37. The van der Waals surface area contributed by atoms with E-state index in [1.165, 1.54) is 0 Å². The molecule has 0 unspecified atom stereocenters. The molecule has 4 heterocycles. The molecule has 0 saturated heterocycles. The number of aryl methyl sites for hydroxylation is 2. The van der Waals surface area contributed by atoms with Gasteiger partial charge in [0.15, 0.2) is 0 Å². The lowest BCUT2D eigenvalue weighted by Gasteiger charge is -2.36. The van der Waals surface area contributed by atoms with Crippen LogP contribution in [0.4, 0.5) is 22.0 Å². The zero-order valence-corrected chi connectivity index (χ0v) is 17.6. The van der Waals surface area contributed by atoms with E-state index in [1.54, 1.807) is 20.7 Å². The van der Waals surface area contributed by atoms with Gasteiger partial charge in [-0.05, 0) is 50.2 Å². The molecule has 4 aromatic rings. The van der Waals surface area contributed by atoms with Crippen molar-refractivity contribution in [3.63, 3.8) is 0 Å². The van der Waals surface area contributed by atoms with Crippen molar-refractivity contribution in [1.29, 1.82) is 0 Å². The lowest BCUT2D eigenvalue weighted by atomic mass is 10.1. The molecule has 8 heteroatoms. The van der Waals surface area contributed by atoms with Crippen molar-refractivity contribution >= 4 is 34.1 Å². The van der Waals surface area contributed by atoms with E-state index in [1.807, 2.05) is 69.6 Å². The van der Waals surface area contributed by atoms with Crippen LogP contribution < -0.4 is 14.5 Å². The van der Waals surface area contributed by atoms with Gasteiger partial charge < -0.3 is 4.74 Å². The Morgan fingerprint density at radius 1 is 1.10 bits per heavy atom. The van der Waals surface area contributed by atoms with Crippen LogP contribution in [0, 0.1) is 6.92 Å². The monoisotopic (exact) mass is 414 g/mol.